The van der Waals surface area contributed by atoms with E-state index in [1.165, 1.54) is 12.1 Å². The predicted molar refractivity (Wildman–Crippen MR) is 59.0 cm³/mol. The Hall–Kier alpha value is -2.37. The molecule has 2 aromatic rings. The van der Waals surface area contributed by atoms with Crippen LogP contribution >= 0.6 is 0 Å². The van der Waals surface area contributed by atoms with Crippen LogP contribution in [0.2, 0.25) is 0 Å². The second-order valence-electron chi connectivity index (χ2n) is 3.67. The first-order chi connectivity index (χ1) is 7.99. The standard InChI is InChI=1S/C11H10N2O4/c1-13-8-4-6(11(16)17)2-3-7(8)12-9(13)5-10(14)15/h2-4H,5H2,1H3,(H,14,15)(H,16,17). The smallest absolute Gasteiger partial charge is 0.335 e. The molecule has 1 heterocycles. The summed E-state index contributed by atoms with van der Waals surface area (Å²) in [6.07, 6.45) is -0.187. The van der Waals surface area contributed by atoms with E-state index < -0.39 is 11.9 Å². The Morgan fingerprint density at radius 2 is 2.06 bits per heavy atom. The minimum absolute atomic E-state index is 0.155. The summed E-state index contributed by atoms with van der Waals surface area (Å²) in [5.41, 5.74) is 1.36. The summed E-state index contributed by atoms with van der Waals surface area (Å²) in [7, 11) is 1.67. The monoisotopic (exact) mass is 234 g/mol. The molecule has 2 N–H and O–H groups in total. The molecule has 0 bridgehead atoms. The number of aromatic nitrogens is 2. The summed E-state index contributed by atoms with van der Waals surface area (Å²) in [4.78, 5) is 25.6. The van der Waals surface area contributed by atoms with Gasteiger partial charge in [0.05, 0.1) is 16.6 Å². The predicted octanol–water partition coefficient (Wildman–Crippen LogP) is 0.899. The lowest BCUT2D eigenvalue weighted by molar-refractivity contribution is -0.136. The van der Waals surface area contributed by atoms with Crippen LogP contribution in [0, 0.1) is 0 Å². The molecule has 1 aromatic carbocycles. The van der Waals surface area contributed by atoms with Crippen molar-refractivity contribution in [3.63, 3.8) is 0 Å². The summed E-state index contributed by atoms with van der Waals surface area (Å²) in [6, 6.07) is 4.50. The fourth-order valence-electron chi connectivity index (χ4n) is 1.67. The Balaban J connectivity index is 2.58. The Labute approximate surface area is 96.1 Å². The molecular weight excluding hydrogens is 224 g/mol. The maximum absolute atomic E-state index is 10.8. The maximum atomic E-state index is 10.8. The van der Waals surface area contributed by atoms with Crippen LogP contribution in [-0.2, 0) is 18.3 Å². The minimum Gasteiger partial charge on any atom is -0.481 e. The largest absolute Gasteiger partial charge is 0.481 e. The van der Waals surface area contributed by atoms with Crippen molar-refractivity contribution >= 4 is 23.0 Å². The van der Waals surface area contributed by atoms with Gasteiger partial charge in [-0.15, -0.1) is 0 Å². The van der Waals surface area contributed by atoms with Crippen molar-refractivity contribution in [2.45, 2.75) is 6.42 Å². The molecule has 0 aliphatic carbocycles. The van der Waals surface area contributed by atoms with E-state index in [4.69, 9.17) is 10.2 Å². The Morgan fingerprint density at radius 1 is 1.35 bits per heavy atom. The summed E-state index contributed by atoms with van der Waals surface area (Å²) in [5, 5.41) is 17.6. The number of aromatic carboxylic acids is 1. The summed E-state index contributed by atoms with van der Waals surface area (Å²) >= 11 is 0. The van der Waals surface area contributed by atoms with Crippen LogP contribution in [0.25, 0.3) is 11.0 Å². The van der Waals surface area contributed by atoms with E-state index in [2.05, 4.69) is 4.98 Å². The highest BCUT2D eigenvalue weighted by Gasteiger charge is 2.12. The topological polar surface area (TPSA) is 92.4 Å². The lowest BCUT2D eigenvalue weighted by Crippen LogP contribution is -2.06. The average Bonchev–Trinajstić information content (AvgIpc) is 2.55. The number of nitrogens with zero attached hydrogens (tertiary/aromatic N) is 2. The van der Waals surface area contributed by atoms with E-state index in [1.807, 2.05) is 0 Å². The number of imidazole rings is 1. The third kappa shape index (κ3) is 1.96. The van der Waals surface area contributed by atoms with Crippen LogP contribution in [0.3, 0.4) is 0 Å². The number of aryl methyl sites for hydroxylation is 1. The van der Waals surface area contributed by atoms with Gasteiger partial charge >= 0.3 is 11.9 Å². The van der Waals surface area contributed by atoms with E-state index in [0.717, 1.165) is 0 Å². The molecule has 0 aliphatic rings. The van der Waals surface area contributed by atoms with Gasteiger partial charge in [-0.1, -0.05) is 0 Å². The van der Waals surface area contributed by atoms with E-state index in [9.17, 15) is 9.59 Å². The Kier molecular flexibility index (Phi) is 2.55. The third-order valence-electron chi connectivity index (χ3n) is 2.53. The highest BCUT2D eigenvalue weighted by atomic mass is 16.4. The van der Waals surface area contributed by atoms with E-state index in [0.29, 0.717) is 16.9 Å². The lowest BCUT2D eigenvalue weighted by Gasteiger charge is -1.99. The number of aliphatic carboxylic acids is 1. The molecular formula is C11H10N2O4. The maximum Gasteiger partial charge on any atom is 0.335 e. The number of hydrogen-bond donors (Lipinski definition) is 2. The van der Waals surface area contributed by atoms with E-state index in [-0.39, 0.29) is 12.0 Å². The van der Waals surface area contributed by atoms with Gasteiger partial charge in [0.15, 0.2) is 0 Å². The molecule has 6 heteroatoms. The first-order valence-electron chi connectivity index (χ1n) is 4.89. The first kappa shape index (κ1) is 11.1. The highest BCUT2D eigenvalue weighted by molar-refractivity contribution is 5.92. The molecule has 0 unspecified atom stereocenters. The number of benzene rings is 1. The minimum atomic E-state index is -1.02. The van der Waals surface area contributed by atoms with Crippen molar-refractivity contribution in [3.05, 3.63) is 29.6 Å². The van der Waals surface area contributed by atoms with Crippen molar-refractivity contribution in [2.24, 2.45) is 7.05 Å². The third-order valence-corrected chi connectivity index (χ3v) is 2.53. The molecule has 17 heavy (non-hydrogen) atoms. The number of fused-ring (bicyclic) bond motifs is 1. The van der Waals surface area contributed by atoms with Gasteiger partial charge in [-0.05, 0) is 18.2 Å². The van der Waals surface area contributed by atoms with Gasteiger partial charge in [-0.3, -0.25) is 4.79 Å². The van der Waals surface area contributed by atoms with Crippen molar-refractivity contribution in [3.8, 4) is 0 Å². The number of carbonyl (C=O) groups is 2. The number of carboxylic acid groups (broad SMARTS) is 2. The van der Waals surface area contributed by atoms with Gasteiger partial charge in [0.1, 0.15) is 12.2 Å². The van der Waals surface area contributed by atoms with E-state index in [1.54, 1.807) is 17.7 Å². The molecule has 6 nitrogen and oxygen atoms in total. The van der Waals surface area contributed by atoms with E-state index >= 15 is 0 Å². The van der Waals surface area contributed by atoms with Crippen molar-refractivity contribution in [1.29, 1.82) is 0 Å². The molecule has 0 saturated heterocycles. The zero-order valence-corrected chi connectivity index (χ0v) is 9.04. The van der Waals surface area contributed by atoms with Gasteiger partial charge in [-0.2, -0.15) is 0 Å². The normalized spacial score (nSPS) is 10.6. The summed E-state index contributed by atoms with van der Waals surface area (Å²) in [5.74, 6) is -1.59. The van der Waals surface area contributed by atoms with Crippen LogP contribution in [0.15, 0.2) is 18.2 Å². The van der Waals surface area contributed by atoms with Gasteiger partial charge in [0.2, 0.25) is 0 Å². The summed E-state index contributed by atoms with van der Waals surface area (Å²) in [6.45, 7) is 0. The molecule has 0 atom stereocenters. The molecule has 2 rings (SSSR count). The Morgan fingerprint density at radius 3 is 2.65 bits per heavy atom. The van der Waals surface area contributed by atoms with Crippen LogP contribution in [0.5, 0.6) is 0 Å². The Bertz CT molecular complexity index is 615. The molecule has 0 saturated carbocycles. The molecule has 88 valence electrons. The van der Waals surface area contributed by atoms with Crippen LogP contribution in [-0.4, -0.2) is 31.7 Å². The van der Waals surface area contributed by atoms with Crippen molar-refractivity contribution in [1.82, 2.24) is 9.55 Å². The molecule has 0 aliphatic heterocycles. The fourth-order valence-corrected chi connectivity index (χ4v) is 1.67. The van der Waals surface area contributed by atoms with Gasteiger partial charge in [0.25, 0.3) is 0 Å². The SMILES string of the molecule is Cn1c(CC(=O)O)nc2ccc(C(=O)O)cc21. The number of hydrogen-bond acceptors (Lipinski definition) is 3. The zero-order chi connectivity index (χ0) is 12.6. The second-order valence-corrected chi connectivity index (χ2v) is 3.67. The number of carboxylic acids is 2. The highest BCUT2D eigenvalue weighted by Crippen LogP contribution is 2.17. The number of rotatable bonds is 3. The molecule has 0 radical (unpaired) electrons. The second kappa shape index (κ2) is 3.89. The van der Waals surface area contributed by atoms with Crippen molar-refractivity contribution in [2.75, 3.05) is 0 Å². The molecule has 0 amide bonds. The van der Waals surface area contributed by atoms with Crippen LogP contribution in [0.4, 0.5) is 0 Å². The molecule has 0 spiro atoms. The van der Waals surface area contributed by atoms with Crippen LogP contribution in [0.1, 0.15) is 16.2 Å². The van der Waals surface area contributed by atoms with Crippen LogP contribution < -0.4 is 0 Å². The van der Waals surface area contributed by atoms with Crippen molar-refractivity contribution < 1.29 is 19.8 Å². The first-order valence-corrected chi connectivity index (χ1v) is 4.89. The van der Waals surface area contributed by atoms with Gasteiger partial charge in [0, 0.05) is 7.05 Å². The summed E-state index contributed by atoms with van der Waals surface area (Å²) < 4.78 is 1.59. The lowest BCUT2D eigenvalue weighted by atomic mass is 10.2. The molecule has 1 aromatic heterocycles. The average molecular weight is 234 g/mol. The fraction of sp³-hybridized carbons (Fsp3) is 0.182. The zero-order valence-electron chi connectivity index (χ0n) is 9.04. The van der Waals surface area contributed by atoms with Gasteiger partial charge < -0.3 is 14.8 Å². The quantitative estimate of drug-likeness (QED) is 0.823. The molecule has 0 fully saturated rings. The van der Waals surface area contributed by atoms with Gasteiger partial charge in [-0.25, -0.2) is 9.78 Å².